The number of pyridine rings is 1. The summed E-state index contributed by atoms with van der Waals surface area (Å²) in [5.74, 6) is 0.763. The highest BCUT2D eigenvalue weighted by Gasteiger charge is 2.53. The van der Waals surface area contributed by atoms with Gasteiger partial charge in [0.1, 0.15) is 6.10 Å². The molecule has 0 amide bonds. The third-order valence-corrected chi connectivity index (χ3v) is 13.1. The minimum absolute atomic E-state index is 0.0155. The highest BCUT2D eigenvalue weighted by atomic mass is 32.2. The van der Waals surface area contributed by atoms with Crippen molar-refractivity contribution in [3.05, 3.63) is 84.7 Å². The quantitative estimate of drug-likeness (QED) is 0.245. The zero-order chi connectivity index (χ0) is 32.4. The first kappa shape index (κ1) is 31.8. The van der Waals surface area contributed by atoms with Gasteiger partial charge >= 0.3 is 5.97 Å². The van der Waals surface area contributed by atoms with Crippen LogP contribution in [0.5, 0.6) is 0 Å². The minimum Gasteiger partial charge on any atom is -0.462 e. The first-order valence-electron chi connectivity index (χ1n) is 17.3. The van der Waals surface area contributed by atoms with Crippen LogP contribution in [0.25, 0.3) is 0 Å². The molecule has 1 aromatic heterocycles. The zero-order valence-electron chi connectivity index (χ0n) is 26.9. The minimum atomic E-state index is -3.56. The van der Waals surface area contributed by atoms with Crippen molar-refractivity contribution in [1.29, 1.82) is 5.26 Å². The molecule has 0 N–H and O–H groups in total. The molecule has 7 rings (SSSR count). The van der Waals surface area contributed by atoms with Gasteiger partial charge in [-0.1, -0.05) is 36.8 Å². The van der Waals surface area contributed by atoms with E-state index in [1.807, 2.05) is 30.3 Å². The fourth-order valence-corrected chi connectivity index (χ4v) is 9.75. The topological polar surface area (TPSA) is 104 Å². The maximum Gasteiger partial charge on any atom is 0.309 e. The molecule has 0 spiro atoms. The Morgan fingerprint density at radius 3 is 2.17 bits per heavy atom. The molecule has 3 unspecified atom stereocenters. The van der Waals surface area contributed by atoms with Crippen LogP contribution in [0.3, 0.4) is 0 Å². The summed E-state index contributed by atoms with van der Waals surface area (Å²) in [4.78, 5) is 22.2. The Kier molecular flexibility index (Phi) is 9.08. The van der Waals surface area contributed by atoms with E-state index < -0.39 is 15.3 Å². The maximum absolute atomic E-state index is 12.9. The van der Waals surface area contributed by atoms with Crippen LogP contribution in [0.4, 0.5) is 5.69 Å². The predicted molar refractivity (Wildman–Crippen MR) is 179 cm³/mol. The molecule has 9 heteroatoms. The average Bonchev–Trinajstić information content (AvgIpc) is 3.52. The Balaban J connectivity index is 0.968. The summed E-state index contributed by atoms with van der Waals surface area (Å²) >= 11 is 0. The number of benzene rings is 2. The van der Waals surface area contributed by atoms with E-state index in [1.165, 1.54) is 24.5 Å². The Bertz CT molecular complexity index is 1680. The van der Waals surface area contributed by atoms with Crippen molar-refractivity contribution in [3.8, 4) is 6.07 Å². The second-order valence-electron chi connectivity index (χ2n) is 14.0. The monoisotopic (exact) mass is 652 g/mol. The van der Waals surface area contributed by atoms with Crippen molar-refractivity contribution in [1.82, 2.24) is 9.88 Å². The number of hydrogen-bond donors (Lipinski definition) is 0. The average molecular weight is 653 g/mol. The molecule has 4 fully saturated rings. The lowest BCUT2D eigenvalue weighted by atomic mass is 9.59. The Hall–Kier alpha value is -3.74. The third kappa shape index (κ3) is 6.18. The molecule has 8 nitrogen and oxygen atoms in total. The normalized spacial score (nSPS) is 24.1. The molecule has 2 saturated heterocycles. The first-order valence-corrected chi connectivity index (χ1v) is 18.8. The van der Waals surface area contributed by atoms with E-state index in [1.54, 1.807) is 12.1 Å². The standard InChI is InChI=1S/C38H44N4O4S/c39-27-38(30-8-2-1-3-9-30,35-10-5-11-36(35)46-37(43)29-6-4-7-29)31-18-22-41(23-19-31)24-28-25-42(26-28)32-12-14-33(15-13-32)47(44,45)34-16-20-40-21-17-34/h1-3,8-9,12-17,20-21,28-29,31,35-36H,4-7,10-11,18-19,22-26H2. The van der Waals surface area contributed by atoms with E-state index in [0.717, 1.165) is 95.3 Å². The van der Waals surface area contributed by atoms with Gasteiger partial charge in [-0.05, 0) is 106 Å². The number of carbonyl (C=O) groups excluding carboxylic acids is 1. The lowest BCUT2D eigenvalue weighted by Crippen LogP contribution is -2.54. The summed E-state index contributed by atoms with van der Waals surface area (Å²) in [6.07, 6.45) is 10.4. The van der Waals surface area contributed by atoms with E-state index >= 15 is 0 Å². The molecule has 47 heavy (non-hydrogen) atoms. The summed E-state index contributed by atoms with van der Waals surface area (Å²) < 4.78 is 32.1. The van der Waals surface area contributed by atoms with Crippen molar-refractivity contribution >= 4 is 21.5 Å². The van der Waals surface area contributed by atoms with Crippen molar-refractivity contribution < 1.29 is 17.9 Å². The molecule has 4 aliphatic rings. The number of piperidine rings is 1. The highest BCUT2D eigenvalue weighted by Crippen LogP contribution is 2.51. The maximum atomic E-state index is 12.9. The number of ether oxygens (including phenoxy) is 1. The molecular formula is C38H44N4O4S. The van der Waals surface area contributed by atoms with Gasteiger partial charge in [0.15, 0.2) is 0 Å². The summed E-state index contributed by atoms with van der Waals surface area (Å²) in [7, 11) is -3.56. The van der Waals surface area contributed by atoms with Gasteiger partial charge in [-0.25, -0.2) is 8.42 Å². The van der Waals surface area contributed by atoms with Crippen LogP contribution in [0.15, 0.2) is 88.9 Å². The largest absolute Gasteiger partial charge is 0.462 e. The second-order valence-corrected chi connectivity index (χ2v) is 16.0. The summed E-state index contributed by atoms with van der Waals surface area (Å²) in [6, 6.07) is 23.4. The number of aromatic nitrogens is 1. The number of sulfone groups is 1. The molecule has 2 aliphatic heterocycles. The van der Waals surface area contributed by atoms with E-state index in [-0.39, 0.29) is 39.6 Å². The van der Waals surface area contributed by atoms with Gasteiger partial charge < -0.3 is 14.5 Å². The molecule has 246 valence electrons. The molecule has 3 atom stereocenters. The van der Waals surface area contributed by atoms with Gasteiger partial charge in [0.2, 0.25) is 9.84 Å². The summed E-state index contributed by atoms with van der Waals surface area (Å²) in [5, 5.41) is 11.0. The van der Waals surface area contributed by atoms with Gasteiger partial charge in [-0.15, -0.1) is 0 Å². The van der Waals surface area contributed by atoms with E-state index in [0.29, 0.717) is 5.92 Å². The number of nitriles is 1. The fraction of sp³-hybridized carbons (Fsp3) is 0.500. The van der Waals surface area contributed by atoms with Crippen LogP contribution in [-0.4, -0.2) is 63.1 Å². The molecule has 2 aliphatic carbocycles. The number of likely N-dealkylation sites (tertiary alicyclic amines) is 1. The number of rotatable bonds is 10. The van der Waals surface area contributed by atoms with Crippen LogP contribution in [0, 0.1) is 35.0 Å². The first-order chi connectivity index (χ1) is 22.9. The lowest BCUT2D eigenvalue weighted by Gasteiger charge is -2.48. The van der Waals surface area contributed by atoms with Crippen LogP contribution in [-0.2, 0) is 24.8 Å². The van der Waals surface area contributed by atoms with Gasteiger partial charge in [0.25, 0.3) is 0 Å². The molecule has 0 radical (unpaired) electrons. The number of esters is 1. The third-order valence-electron chi connectivity index (χ3n) is 11.4. The van der Waals surface area contributed by atoms with E-state index in [9.17, 15) is 18.5 Å². The van der Waals surface area contributed by atoms with Crippen molar-refractivity contribution in [2.45, 2.75) is 72.7 Å². The molecule has 0 bridgehead atoms. The SMILES string of the molecule is N#CC(c1ccccc1)(C1CCN(CC2CN(c3ccc(S(=O)(=O)c4ccncc4)cc3)C2)CC1)C1CCCC1OC(=O)C1CCC1. The molecular weight excluding hydrogens is 609 g/mol. The molecule has 3 aromatic rings. The smallest absolute Gasteiger partial charge is 0.309 e. The summed E-state index contributed by atoms with van der Waals surface area (Å²) in [6.45, 7) is 4.82. The Morgan fingerprint density at radius 1 is 0.872 bits per heavy atom. The summed E-state index contributed by atoms with van der Waals surface area (Å²) in [5.41, 5.74) is 1.45. The number of hydrogen-bond acceptors (Lipinski definition) is 8. The molecule has 3 heterocycles. The van der Waals surface area contributed by atoms with Gasteiger partial charge in [0, 0.05) is 49.6 Å². The van der Waals surface area contributed by atoms with Crippen LogP contribution < -0.4 is 4.90 Å². The fourth-order valence-electron chi connectivity index (χ4n) is 8.50. The number of nitrogens with zero attached hydrogens (tertiary/aromatic N) is 4. The predicted octanol–water partition coefficient (Wildman–Crippen LogP) is 6.04. The highest BCUT2D eigenvalue weighted by molar-refractivity contribution is 7.91. The molecule has 2 saturated carbocycles. The van der Waals surface area contributed by atoms with Crippen LogP contribution >= 0.6 is 0 Å². The Morgan fingerprint density at radius 2 is 1.53 bits per heavy atom. The van der Waals surface area contributed by atoms with Gasteiger partial charge in [0.05, 0.1) is 27.2 Å². The number of anilines is 1. The molecule has 2 aromatic carbocycles. The van der Waals surface area contributed by atoms with Crippen LogP contribution in [0.1, 0.15) is 56.9 Å². The Labute approximate surface area is 278 Å². The van der Waals surface area contributed by atoms with Crippen LogP contribution in [0.2, 0.25) is 0 Å². The van der Waals surface area contributed by atoms with Gasteiger partial charge in [-0.2, -0.15) is 5.26 Å². The van der Waals surface area contributed by atoms with Crippen molar-refractivity contribution in [2.75, 3.05) is 37.6 Å². The van der Waals surface area contributed by atoms with E-state index in [2.05, 4.69) is 33.0 Å². The second kappa shape index (κ2) is 13.4. The van der Waals surface area contributed by atoms with Crippen molar-refractivity contribution in [2.24, 2.45) is 23.7 Å². The number of carbonyl (C=O) groups is 1. The van der Waals surface area contributed by atoms with Gasteiger partial charge in [-0.3, -0.25) is 9.78 Å². The lowest BCUT2D eigenvalue weighted by molar-refractivity contribution is -0.160. The van der Waals surface area contributed by atoms with E-state index in [4.69, 9.17) is 4.74 Å². The van der Waals surface area contributed by atoms with Crippen molar-refractivity contribution in [3.63, 3.8) is 0 Å². The zero-order valence-corrected chi connectivity index (χ0v) is 27.7.